The van der Waals surface area contributed by atoms with Gasteiger partial charge in [-0.05, 0) is 0 Å². The summed E-state index contributed by atoms with van der Waals surface area (Å²) < 4.78 is 21.0. The molecule has 13 heteroatoms. The smallest absolute Gasteiger partial charge is 0.394 e. The summed E-state index contributed by atoms with van der Waals surface area (Å²) in [5.74, 6) is 0. The number of phosphoric ester groups is 1. The Labute approximate surface area is 151 Å². The highest BCUT2D eigenvalue weighted by atomic mass is 31.2. The van der Waals surface area contributed by atoms with Gasteiger partial charge in [0.05, 0.1) is 40.5 Å². The number of rotatable bonds is 14. The van der Waals surface area contributed by atoms with E-state index in [-0.39, 0.29) is 17.6 Å². The quantitative estimate of drug-likeness (QED) is 0.103. The largest absolute Gasteiger partial charge is 0.472 e. The van der Waals surface area contributed by atoms with E-state index in [9.17, 15) is 29.9 Å². The Morgan fingerprint density at radius 1 is 0.923 bits per heavy atom. The van der Waals surface area contributed by atoms with E-state index in [2.05, 4.69) is 9.05 Å². The first-order chi connectivity index (χ1) is 11.8. The Balaban J connectivity index is 4.38. The molecule has 6 atom stereocenters. The summed E-state index contributed by atoms with van der Waals surface area (Å²) in [6.07, 6.45) is -8.53. The minimum atomic E-state index is -4.66. The van der Waals surface area contributed by atoms with Crippen molar-refractivity contribution in [1.82, 2.24) is 0 Å². The molecule has 0 spiro atoms. The van der Waals surface area contributed by atoms with Crippen LogP contribution in [0.2, 0.25) is 0 Å². The van der Waals surface area contributed by atoms with E-state index in [0.717, 1.165) is 0 Å². The van der Waals surface area contributed by atoms with Crippen LogP contribution >= 0.6 is 7.82 Å². The van der Waals surface area contributed by atoms with Crippen molar-refractivity contribution in [2.45, 2.75) is 30.5 Å². The second-order valence-electron chi connectivity index (χ2n) is 6.58. The molecule has 8 N–H and O–H groups in total. The van der Waals surface area contributed by atoms with Gasteiger partial charge in [-0.15, -0.1) is 0 Å². The van der Waals surface area contributed by atoms with E-state index < -0.39 is 58.2 Å². The first-order valence-electron chi connectivity index (χ1n) is 7.91. The van der Waals surface area contributed by atoms with E-state index in [1.54, 1.807) is 14.1 Å². The monoisotopic (exact) mass is 408 g/mol. The average molecular weight is 408 g/mol. The zero-order valence-corrected chi connectivity index (χ0v) is 15.7. The zero-order chi connectivity index (χ0) is 20.5. The lowest BCUT2D eigenvalue weighted by Gasteiger charge is -2.31. The highest BCUT2D eigenvalue weighted by Crippen LogP contribution is 2.43. The molecule has 0 radical (unpaired) electrons. The topological polar surface area (TPSA) is 197 Å². The molecule has 6 unspecified atom stereocenters. The predicted molar refractivity (Wildman–Crippen MR) is 87.8 cm³/mol. The molecule has 26 heavy (non-hydrogen) atoms. The number of hydrogen-bond donors (Lipinski definition) is 8. The summed E-state index contributed by atoms with van der Waals surface area (Å²) in [4.78, 5) is 9.50. The molecule has 0 aliphatic heterocycles. The maximum atomic E-state index is 11.7. The van der Waals surface area contributed by atoms with Crippen LogP contribution in [-0.2, 0) is 13.6 Å². The second kappa shape index (κ2) is 11.6. The van der Waals surface area contributed by atoms with Crippen LogP contribution in [0.4, 0.5) is 0 Å². The molecule has 0 aliphatic rings. The highest BCUT2D eigenvalue weighted by Gasteiger charge is 2.33. The second-order valence-corrected chi connectivity index (χ2v) is 8.03. The number of aliphatic hydroxyl groups excluding tert-OH is 7. The van der Waals surface area contributed by atoms with Gasteiger partial charge >= 0.3 is 7.82 Å². The number of phosphoric acid groups is 1. The summed E-state index contributed by atoms with van der Waals surface area (Å²) in [5.41, 5.74) is 0. The van der Waals surface area contributed by atoms with Crippen LogP contribution in [0.15, 0.2) is 0 Å². The first kappa shape index (κ1) is 25.8. The summed E-state index contributed by atoms with van der Waals surface area (Å²) >= 11 is 0. The van der Waals surface area contributed by atoms with E-state index in [1.165, 1.54) is 0 Å². The van der Waals surface area contributed by atoms with Crippen molar-refractivity contribution in [1.29, 1.82) is 0 Å². The van der Waals surface area contributed by atoms with E-state index >= 15 is 0 Å². The van der Waals surface area contributed by atoms with Crippen molar-refractivity contribution in [3.8, 4) is 0 Å². The maximum Gasteiger partial charge on any atom is 0.472 e. The van der Waals surface area contributed by atoms with Crippen LogP contribution in [0, 0.1) is 0 Å². The molecule has 0 aliphatic carbocycles. The molecule has 0 rings (SSSR count). The van der Waals surface area contributed by atoms with E-state index in [4.69, 9.17) is 15.3 Å². The lowest BCUT2D eigenvalue weighted by molar-refractivity contribution is -0.893. The standard InChI is InChI=1S/C13H30NO11P/c1-14(2,3-4-15)5-9(17)7-24-26(22,23)25-8-11(19)13(21)12(20)10(18)6-16/h9-13,15-21H,3-8H2,1-2H3/p+1. The van der Waals surface area contributed by atoms with Gasteiger partial charge in [-0.3, -0.25) is 9.05 Å². The van der Waals surface area contributed by atoms with Crippen molar-refractivity contribution in [3.05, 3.63) is 0 Å². The van der Waals surface area contributed by atoms with Crippen molar-refractivity contribution >= 4 is 7.82 Å². The Kier molecular flexibility index (Phi) is 11.5. The number of aliphatic hydroxyl groups is 7. The number of likely N-dealkylation sites (N-methyl/N-ethyl adjacent to an activating group) is 1. The van der Waals surface area contributed by atoms with Gasteiger partial charge in [-0.25, -0.2) is 4.57 Å². The zero-order valence-electron chi connectivity index (χ0n) is 14.8. The minimum absolute atomic E-state index is 0.0980. The lowest BCUT2D eigenvalue weighted by Crippen LogP contribution is -2.48. The maximum absolute atomic E-state index is 11.7. The summed E-state index contributed by atoms with van der Waals surface area (Å²) in [5, 5.41) is 65.1. The lowest BCUT2D eigenvalue weighted by atomic mass is 10.0. The Hall–Kier alpha value is -0.210. The third-order valence-electron chi connectivity index (χ3n) is 3.57. The number of quaternary nitrogens is 1. The Bertz CT molecular complexity index is 438. The van der Waals surface area contributed by atoms with Gasteiger partial charge in [0, 0.05) is 0 Å². The first-order valence-corrected chi connectivity index (χ1v) is 9.40. The fourth-order valence-corrected chi connectivity index (χ4v) is 2.81. The van der Waals surface area contributed by atoms with Gasteiger partial charge in [0.15, 0.2) is 0 Å². The molecular weight excluding hydrogens is 377 g/mol. The Morgan fingerprint density at radius 2 is 1.42 bits per heavy atom. The summed E-state index contributed by atoms with van der Waals surface area (Å²) in [6.45, 7) is -1.93. The third kappa shape index (κ3) is 10.2. The molecule has 0 aromatic heterocycles. The summed E-state index contributed by atoms with van der Waals surface area (Å²) in [7, 11) is -1.19. The van der Waals surface area contributed by atoms with E-state index in [1.807, 2.05) is 0 Å². The fraction of sp³-hybridized carbons (Fsp3) is 1.00. The molecule has 0 fully saturated rings. The van der Waals surface area contributed by atoms with Crippen LogP contribution in [-0.4, -0.2) is 129 Å². The van der Waals surface area contributed by atoms with Crippen LogP contribution in [0.1, 0.15) is 0 Å². The van der Waals surface area contributed by atoms with Crippen molar-refractivity contribution in [2.75, 3.05) is 53.6 Å². The molecule has 0 saturated heterocycles. The Morgan fingerprint density at radius 3 is 1.92 bits per heavy atom. The van der Waals surface area contributed by atoms with Gasteiger partial charge in [0.25, 0.3) is 0 Å². The summed E-state index contributed by atoms with van der Waals surface area (Å²) in [6, 6.07) is 0. The van der Waals surface area contributed by atoms with Gasteiger partial charge in [-0.2, -0.15) is 0 Å². The molecule has 12 nitrogen and oxygen atoms in total. The van der Waals surface area contributed by atoms with Crippen LogP contribution in [0.25, 0.3) is 0 Å². The minimum Gasteiger partial charge on any atom is -0.394 e. The average Bonchev–Trinajstić information content (AvgIpc) is 2.55. The normalized spacial score (nSPS) is 20.8. The molecule has 0 bridgehead atoms. The molecule has 0 aromatic rings. The fourth-order valence-electron chi connectivity index (χ4n) is 2.04. The molecule has 0 aromatic carbocycles. The van der Waals surface area contributed by atoms with Crippen molar-refractivity contribution in [2.24, 2.45) is 0 Å². The highest BCUT2D eigenvalue weighted by molar-refractivity contribution is 7.47. The molecule has 158 valence electrons. The van der Waals surface area contributed by atoms with Crippen molar-refractivity contribution < 1.29 is 58.7 Å². The predicted octanol–water partition coefficient (Wildman–Crippen LogP) is -4.01. The van der Waals surface area contributed by atoms with Gasteiger partial charge in [0.2, 0.25) is 0 Å². The molecule has 0 amide bonds. The molecule has 0 heterocycles. The molecule has 0 saturated carbocycles. The van der Waals surface area contributed by atoms with Gasteiger partial charge in [0.1, 0.15) is 43.6 Å². The third-order valence-corrected chi connectivity index (χ3v) is 4.52. The van der Waals surface area contributed by atoms with Crippen LogP contribution < -0.4 is 0 Å². The van der Waals surface area contributed by atoms with Crippen LogP contribution in [0.3, 0.4) is 0 Å². The van der Waals surface area contributed by atoms with Gasteiger partial charge < -0.3 is 45.1 Å². The molecular formula is C13H31NO11P+. The van der Waals surface area contributed by atoms with Crippen molar-refractivity contribution in [3.63, 3.8) is 0 Å². The van der Waals surface area contributed by atoms with Crippen LogP contribution in [0.5, 0.6) is 0 Å². The van der Waals surface area contributed by atoms with Gasteiger partial charge in [-0.1, -0.05) is 0 Å². The number of nitrogens with zero attached hydrogens (tertiary/aromatic N) is 1. The SMILES string of the molecule is C[N+](C)(CCO)CC(O)COP(=O)(O)OCC(O)C(O)C(O)C(O)CO. The number of hydrogen-bond acceptors (Lipinski definition) is 10. The van der Waals surface area contributed by atoms with E-state index in [0.29, 0.717) is 6.54 Å².